The third kappa shape index (κ3) is 3.11. The van der Waals surface area contributed by atoms with Crippen LogP contribution in [0.25, 0.3) is 10.9 Å². The van der Waals surface area contributed by atoms with E-state index in [1.54, 1.807) is 30.3 Å². The molecule has 4 nitrogen and oxygen atoms in total. The van der Waals surface area contributed by atoms with Gasteiger partial charge in [-0.25, -0.2) is 0 Å². The van der Waals surface area contributed by atoms with Crippen LogP contribution in [0.1, 0.15) is 33.3 Å². The lowest BCUT2D eigenvalue weighted by Gasteiger charge is -2.09. The second-order valence-electron chi connectivity index (χ2n) is 5.42. The van der Waals surface area contributed by atoms with Gasteiger partial charge in [-0.05, 0) is 38.1 Å². The van der Waals surface area contributed by atoms with Crippen molar-refractivity contribution in [2.24, 2.45) is 0 Å². The molecule has 1 aromatic heterocycles. The van der Waals surface area contributed by atoms with Gasteiger partial charge < -0.3 is 5.32 Å². The lowest BCUT2D eigenvalue weighted by atomic mass is 10.1. The molecule has 0 aliphatic rings. The third-order valence-corrected chi connectivity index (χ3v) is 3.62. The Morgan fingerprint density at radius 2 is 1.78 bits per heavy atom. The van der Waals surface area contributed by atoms with Gasteiger partial charge in [-0.3, -0.25) is 14.6 Å². The summed E-state index contributed by atoms with van der Waals surface area (Å²) in [5.41, 5.74) is 3.31. The first kappa shape index (κ1) is 14.9. The van der Waals surface area contributed by atoms with Gasteiger partial charge in [0.1, 0.15) is 0 Å². The van der Waals surface area contributed by atoms with E-state index in [2.05, 4.69) is 10.3 Å². The first-order valence-corrected chi connectivity index (χ1v) is 7.33. The number of aryl methyl sites for hydroxylation is 1. The number of para-hydroxylation sites is 1. The zero-order valence-electron chi connectivity index (χ0n) is 13.0. The number of hydrogen-bond acceptors (Lipinski definition) is 3. The summed E-state index contributed by atoms with van der Waals surface area (Å²) >= 11 is 0. The van der Waals surface area contributed by atoms with E-state index in [1.165, 1.54) is 6.92 Å². The molecule has 0 saturated heterocycles. The fraction of sp³-hybridized carbons (Fsp3) is 0.105. The quantitative estimate of drug-likeness (QED) is 0.744. The van der Waals surface area contributed by atoms with E-state index in [0.29, 0.717) is 16.8 Å². The predicted octanol–water partition coefficient (Wildman–Crippen LogP) is 4.00. The summed E-state index contributed by atoms with van der Waals surface area (Å²) in [6, 6.07) is 16.2. The Kier molecular flexibility index (Phi) is 3.89. The molecule has 2 aromatic carbocycles. The summed E-state index contributed by atoms with van der Waals surface area (Å²) in [4.78, 5) is 28.5. The van der Waals surface area contributed by atoms with Gasteiger partial charge in [-0.2, -0.15) is 0 Å². The highest BCUT2D eigenvalue weighted by atomic mass is 16.1. The van der Waals surface area contributed by atoms with Crippen LogP contribution in [0, 0.1) is 6.92 Å². The van der Waals surface area contributed by atoms with Crippen molar-refractivity contribution in [1.29, 1.82) is 0 Å². The third-order valence-electron chi connectivity index (χ3n) is 3.62. The topological polar surface area (TPSA) is 59.1 Å². The van der Waals surface area contributed by atoms with Gasteiger partial charge in [-0.15, -0.1) is 0 Å². The largest absolute Gasteiger partial charge is 0.322 e. The maximum absolute atomic E-state index is 12.6. The number of nitrogens with one attached hydrogen (secondary N) is 1. The summed E-state index contributed by atoms with van der Waals surface area (Å²) in [6.45, 7) is 3.36. The number of benzene rings is 2. The maximum atomic E-state index is 12.6. The monoisotopic (exact) mass is 304 g/mol. The van der Waals surface area contributed by atoms with Crippen LogP contribution in [-0.2, 0) is 0 Å². The normalized spacial score (nSPS) is 10.5. The zero-order chi connectivity index (χ0) is 16.4. The Hall–Kier alpha value is -3.01. The van der Waals surface area contributed by atoms with E-state index < -0.39 is 0 Å². The maximum Gasteiger partial charge on any atom is 0.256 e. The summed E-state index contributed by atoms with van der Waals surface area (Å²) in [7, 11) is 0. The number of pyridine rings is 1. The second kappa shape index (κ2) is 6.01. The number of nitrogens with zero attached hydrogens (tertiary/aromatic N) is 1. The van der Waals surface area contributed by atoms with E-state index in [-0.39, 0.29) is 11.7 Å². The van der Waals surface area contributed by atoms with Gasteiger partial charge >= 0.3 is 0 Å². The van der Waals surface area contributed by atoms with E-state index >= 15 is 0 Å². The average Bonchev–Trinajstić information content (AvgIpc) is 2.54. The molecule has 3 aromatic rings. The van der Waals surface area contributed by atoms with E-state index in [1.807, 2.05) is 31.2 Å². The van der Waals surface area contributed by atoms with Crippen molar-refractivity contribution in [3.63, 3.8) is 0 Å². The van der Waals surface area contributed by atoms with Crippen LogP contribution in [0.2, 0.25) is 0 Å². The highest BCUT2D eigenvalue weighted by molar-refractivity contribution is 6.12. The molecule has 1 amide bonds. The number of amides is 1. The van der Waals surface area contributed by atoms with Crippen molar-refractivity contribution in [2.45, 2.75) is 13.8 Å². The molecule has 114 valence electrons. The number of hydrogen-bond donors (Lipinski definition) is 1. The van der Waals surface area contributed by atoms with Gasteiger partial charge in [0.05, 0.1) is 11.1 Å². The molecule has 0 unspecified atom stereocenters. The van der Waals surface area contributed by atoms with E-state index in [0.717, 1.165) is 16.6 Å². The van der Waals surface area contributed by atoms with Crippen molar-refractivity contribution in [1.82, 2.24) is 4.98 Å². The molecule has 0 saturated carbocycles. The molecule has 23 heavy (non-hydrogen) atoms. The molecule has 1 heterocycles. The first-order chi connectivity index (χ1) is 11.0. The average molecular weight is 304 g/mol. The van der Waals surface area contributed by atoms with Crippen molar-refractivity contribution < 1.29 is 9.59 Å². The number of ketones is 1. The molecule has 0 aliphatic carbocycles. The fourth-order valence-corrected chi connectivity index (χ4v) is 2.51. The Morgan fingerprint density at radius 1 is 1.00 bits per heavy atom. The van der Waals surface area contributed by atoms with Crippen LogP contribution in [0.4, 0.5) is 5.69 Å². The first-order valence-electron chi connectivity index (χ1n) is 7.33. The number of fused-ring (bicyclic) bond motifs is 1. The van der Waals surface area contributed by atoms with Crippen LogP contribution in [0.3, 0.4) is 0 Å². The molecular formula is C19H16N2O2. The summed E-state index contributed by atoms with van der Waals surface area (Å²) in [5.74, 6) is -0.251. The lowest BCUT2D eigenvalue weighted by Crippen LogP contribution is -2.13. The molecule has 4 heteroatoms. The molecule has 3 rings (SSSR count). The second-order valence-corrected chi connectivity index (χ2v) is 5.42. The number of aromatic nitrogens is 1. The molecule has 1 N–H and O–H groups in total. The summed E-state index contributed by atoms with van der Waals surface area (Å²) in [5, 5.41) is 3.66. The summed E-state index contributed by atoms with van der Waals surface area (Å²) < 4.78 is 0. The molecule has 0 spiro atoms. The standard InChI is InChI=1S/C19H16N2O2/c1-12-10-17(16-8-3-4-9-18(16)20-12)19(23)21-15-7-5-6-14(11-15)13(2)22/h3-11H,1-2H3,(H,21,23). The van der Waals surface area contributed by atoms with Crippen LogP contribution in [-0.4, -0.2) is 16.7 Å². The molecule has 0 fully saturated rings. The molecular weight excluding hydrogens is 288 g/mol. The van der Waals surface area contributed by atoms with Crippen LogP contribution in [0.15, 0.2) is 54.6 Å². The smallest absolute Gasteiger partial charge is 0.256 e. The van der Waals surface area contributed by atoms with E-state index in [4.69, 9.17) is 0 Å². The predicted molar refractivity (Wildman–Crippen MR) is 90.9 cm³/mol. The van der Waals surface area contributed by atoms with Crippen LogP contribution in [0.5, 0.6) is 0 Å². The number of anilines is 1. The Labute approximate surface area is 134 Å². The SMILES string of the molecule is CC(=O)c1cccc(NC(=O)c2cc(C)nc3ccccc23)c1. The van der Waals surface area contributed by atoms with Crippen molar-refractivity contribution >= 4 is 28.3 Å². The molecule has 0 atom stereocenters. The Bertz CT molecular complexity index is 916. The zero-order valence-corrected chi connectivity index (χ0v) is 13.0. The number of Topliss-reactive ketones (excluding diaryl/α,β-unsaturated/α-hetero) is 1. The molecule has 0 aliphatic heterocycles. The van der Waals surface area contributed by atoms with Gasteiger partial charge in [0.15, 0.2) is 5.78 Å². The minimum atomic E-state index is -0.215. The van der Waals surface area contributed by atoms with Gasteiger partial charge in [0.25, 0.3) is 5.91 Å². The van der Waals surface area contributed by atoms with Gasteiger partial charge in [0.2, 0.25) is 0 Å². The minimum Gasteiger partial charge on any atom is -0.322 e. The number of carbonyl (C=O) groups excluding carboxylic acids is 2. The molecule has 0 radical (unpaired) electrons. The van der Waals surface area contributed by atoms with Crippen LogP contribution >= 0.6 is 0 Å². The summed E-state index contributed by atoms with van der Waals surface area (Å²) in [6.07, 6.45) is 0. The van der Waals surface area contributed by atoms with Crippen molar-refractivity contribution in [2.75, 3.05) is 5.32 Å². The van der Waals surface area contributed by atoms with Gasteiger partial charge in [-0.1, -0.05) is 30.3 Å². The van der Waals surface area contributed by atoms with Crippen LogP contribution < -0.4 is 5.32 Å². The number of carbonyl (C=O) groups is 2. The fourth-order valence-electron chi connectivity index (χ4n) is 2.51. The van der Waals surface area contributed by atoms with Gasteiger partial charge in [0, 0.05) is 22.3 Å². The minimum absolute atomic E-state index is 0.0358. The van der Waals surface area contributed by atoms with Crippen molar-refractivity contribution in [3.05, 3.63) is 71.4 Å². The van der Waals surface area contributed by atoms with Crippen molar-refractivity contribution in [3.8, 4) is 0 Å². The highest BCUT2D eigenvalue weighted by Crippen LogP contribution is 2.20. The Balaban J connectivity index is 1.98. The lowest BCUT2D eigenvalue weighted by molar-refractivity contribution is 0.101. The highest BCUT2D eigenvalue weighted by Gasteiger charge is 2.12. The number of rotatable bonds is 3. The Morgan fingerprint density at radius 3 is 2.57 bits per heavy atom. The van der Waals surface area contributed by atoms with E-state index in [9.17, 15) is 9.59 Å². The molecule has 0 bridgehead atoms.